The molecule has 1 aromatic rings. The maximum atomic E-state index is 9.84. The largest absolute Gasteiger partial charge is 0.389 e. The minimum absolute atomic E-state index is 0.502. The second kappa shape index (κ2) is 4.94. The molecule has 0 unspecified atom stereocenters. The lowest BCUT2D eigenvalue weighted by molar-refractivity contribution is -0.107. The van der Waals surface area contributed by atoms with Crippen LogP contribution in [0.25, 0.3) is 0 Å². The zero-order valence-corrected chi connectivity index (χ0v) is 10.6. The van der Waals surface area contributed by atoms with Crippen molar-refractivity contribution in [2.24, 2.45) is 0 Å². The van der Waals surface area contributed by atoms with E-state index in [0.717, 1.165) is 19.6 Å². The lowest BCUT2D eigenvalue weighted by atomic mass is 9.91. The van der Waals surface area contributed by atoms with Crippen LogP contribution in [-0.4, -0.2) is 56.2 Å². The average Bonchev–Trinajstić information content (AvgIpc) is 2.66. The predicted molar refractivity (Wildman–Crippen MR) is 64.9 cm³/mol. The Balaban J connectivity index is 1.81. The van der Waals surface area contributed by atoms with Gasteiger partial charge in [-0.15, -0.1) is 0 Å². The zero-order chi connectivity index (χ0) is 12.5. The van der Waals surface area contributed by atoms with Crippen molar-refractivity contribution in [2.45, 2.75) is 31.6 Å². The van der Waals surface area contributed by atoms with Crippen molar-refractivity contribution in [3.05, 3.63) is 17.4 Å². The normalized spacial score (nSPS) is 30.7. The summed E-state index contributed by atoms with van der Waals surface area (Å²) in [5.41, 5.74) is -0.953. The lowest BCUT2D eigenvalue weighted by Gasteiger charge is -2.39. The highest BCUT2D eigenvalue weighted by atomic mass is 35.5. The van der Waals surface area contributed by atoms with E-state index in [2.05, 4.69) is 10.00 Å². The first kappa shape index (κ1) is 12.8. The summed E-state index contributed by atoms with van der Waals surface area (Å²) >= 11 is 5.77. The molecule has 6 heteroatoms. The van der Waals surface area contributed by atoms with Crippen LogP contribution in [0.1, 0.15) is 13.3 Å². The molecule has 2 heterocycles. The Morgan fingerprint density at radius 2 is 2.35 bits per heavy atom. The summed E-state index contributed by atoms with van der Waals surface area (Å²) in [6.45, 7) is 4.51. The molecule has 0 amide bonds. The third-order valence-electron chi connectivity index (χ3n) is 3.33. The summed E-state index contributed by atoms with van der Waals surface area (Å²) in [6.07, 6.45) is 3.29. The molecular weight excluding hydrogens is 242 g/mol. The standard InChI is InChI=1S/C11H18ClN3O2/c1-11(17)2-3-14(8-10(11)16)4-5-15-7-9(12)6-13-15/h6-7,10,16-17H,2-5,8H2,1H3/t10-,11-/m1/s1. The second-order valence-corrected chi connectivity index (χ2v) is 5.28. The molecule has 2 atom stereocenters. The first-order valence-corrected chi connectivity index (χ1v) is 6.16. The summed E-state index contributed by atoms with van der Waals surface area (Å²) in [6, 6.07) is 0. The van der Waals surface area contributed by atoms with Crippen LogP contribution in [0.3, 0.4) is 0 Å². The molecule has 0 spiro atoms. The molecule has 0 radical (unpaired) electrons. The topological polar surface area (TPSA) is 61.5 Å². The van der Waals surface area contributed by atoms with Gasteiger partial charge in [-0.3, -0.25) is 9.58 Å². The summed E-state index contributed by atoms with van der Waals surface area (Å²) in [4.78, 5) is 2.12. The van der Waals surface area contributed by atoms with E-state index < -0.39 is 11.7 Å². The Morgan fingerprint density at radius 3 is 2.94 bits per heavy atom. The highest BCUT2D eigenvalue weighted by Gasteiger charge is 2.35. The number of aliphatic hydroxyl groups is 2. The molecule has 1 aromatic heterocycles. The van der Waals surface area contributed by atoms with E-state index in [1.54, 1.807) is 24.0 Å². The van der Waals surface area contributed by atoms with Gasteiger partial charge in [0.1, 0.15) is 0 Å². The van der Waals surface area contributed by atoms with Crippen molar-refractivity contribution in [1.82, 2.24) is 14.7 Å². The molecule has 5 nitrogen and oxygen atoms in total. The average molecular weight is 260 g/mol. The van der Waals surface area contributed by atoms with Gasteiger partial charge in [0, 0.05) is 25.8 Å². The molecule has 2 N–H and O–H groups in total. The number of likely N-dealkylation sites (tertiary alicyclic amines) is 1. The van der Waals surface area contributed by atoms with Crippen molar-refractivity contribution in [3.8, 4) is 0 Å². The Bertz CT molecular complexity index is 381. The molecule has 0 aliphatic carbocycles. The number of nitrogens with zero attached hydrogens (tertiary/aromatic N) is 3. The highest BCUT2D eigenvalue weighted by Crippen LogP contribution is 2.21. The summed E-state index contributed by atoms with van der Waals surface area (Å²) < 4.78 is 1.78. The van der Waals surface area contributed by atoms with Gasteiger partial charge in [0.05, 0.1) is 29.5 Å². The van der Waals surface area contributed by atoms with E-state index in [1.807, 2.05) is 0 Å². The van der Waals surface area contributed by atoms with Gasteiger partial charge in [-0.2, -0.15) is 5.10 Å². The smallest absolute Gasteiger partial charge is 0.0951 e. The number of β-amino-alcohol motifs (C(OH)–C–C–N with tert-alkyl or cyclic N) is 1. The predicted octanol–water partition coefficient (Wildman–Crippen LogP) is 0.354. The van der Waals surface area contributed by atoms with Crippen LogP contribution in [0.2, 0.25) is 5.02 Å². The van der Waals surface area contributed by atoms with Gasteiger partial charge in [0.25, 0.3) is 0 Å². The number of halogens is 1. The highest BCUT2D eigenvalue weighted by molar-refractivity contribution is 6.30. The van der Waals surface area contributed by atoms with Crippen molar-refractivity contribution in [2.75, 3.05) is 19.6 Å². The summed E-state index contributed by atoms with van der Waals surface area (Å²) in [5.74, 6) is 0. The van der Waals surface area contributed by atoms with Crippen LogP contribution in [0.15, 0.2) is 12.4 Å². The Hall–Kier alpha value is -0.620. The van der Waals surface area contributed by atoms with Gasteiger partial charge >= 0.3 is 0 Å². The zero-order valence-electron chi connectivity index (χ0n) is 9.88. The van der Waals surface area contributed by atoms with E-state index >= 15 is 0 Å². The van der Waals surface area contributed by atoms with E-state index in [-0.39, 0.29) is 0 Å². The third kappa shape index (κ3) is 3.19. The minimum Gasteiger partial charge on any atom is -0.389 e. The Labute approximate surface area is 106 Å². The lowest BCUT2D eigenvalue weighted by Crippen LogP contribution is -2.54. The van der Waals surface area contributed by atoms with Gasteiger partial charge in [0.2, 0.25) is 0 Å². The molecule has 0 saturated carbocycles. The number of rotatable bonds is 3. The molecule has 96 valence electrons. The van der Waals surface area contributed by atoms with Gasteiger partial charge in [0.15, 0.2) is 0 Å². The first-order chi connectivity index (χ1) is 7.97. The molecule has 1 saturated heterocycles. The quantitative estimate of drug-likeness (QED) is 0.823. The van der Waals surface area contributed by atoms with Gasteiger partial charge in [-0.05, 0) is 13.3 Å². The van der Waals surface area contributed by atoms with Crippen LogP contribution in [0.5, 0.6) is 0 Å². The number of aliphatic hydroxyl groups excluding tert-OH is 1. The monoisotopic (exact) mass is 259 g/mol. The van der Waals surface area contributed by atoms with E-state index in [0.29, 0.717) is 18.0 Å². The SMILES string of the molecule is C[C@@]1(O)CCN(CCn2cc(Cl)cn2)C[C@H]1O. The maximum absolute atomic E-state index is 9.84. The molecule has 0 bridgehead atoms. The van der Waals surface area contributed by atoms with Crippen LogP contribution >= 0.6 is 11.6 Å². The third-order valence-corrected chi connectivity index (χ3v) is 3.53. The van der Waals surface area contributed by atoms with Gasteiger partial charge < -0.3 is 10.2 Å². The number of hydrogen-bond acceptors (Lipinski definition) is 4. The second-order valence-electron chi connectivity index (χ2n) is 4.85. The van der Waals surface area contributed by atoms with Crippen molar-refractivity contribution in [1.29, 1.82) is 0 Å². The molecule has 17 heavy (non-hydrogen) atoms. The van der Waals surface area contributed by atoms with Gasteiger partial charge in [-0.1, -0.05) is 11.6 Å². The Kier molecular flexibility index (Phi) is 3.73. The molecular formula is C11H18ClN3O2. The number of piperidine rings is 1. The molecule has 1 fully saturated rings. The van der Waals surface area contributed by atoms with Crippen LogP contribution < -0.4 is 0 Å². The number of hydrogen-bond donors (Lipinski definition) is 2. The molecule has 0 aromatic carbocycles. The Morgan fingerprint density at radius 1 is 1.59 bits per heavy atom. The first-order valence-electron chi connectivity index (χ1n) is 5.78. The molecule has 1 aliphatic rings. The van der Waals surface area contributed by atoms with Crippen molar-refractivity contribution >= 4 is 11.6 Å². The number of aromatic nitrogens is 2. The van der Waals surface area contributed by atoms with Gasteiger partial charge in [-0.25, -0.2) is 0 Å². The van der Waals surface area contributed by atoms with E-state index in [4.69, 9.17) is 11.6 Å². The fourth-order valence-electron chi connectivity index (χ4n) is 1.99. The summed E-state index contributed by atoms with van der Waals surface area (Å²) in [7, 11) is 0. The maximum Gasteiger partial charge on any atom is 0.0951 e. The van der Waals surface area contributed by atoms with E-state index in [1.165, 1.54) is 0 Å². The fourth-order valence-corrected chi connectivity index (χ4v) is 2.15. The van der Waals surface area contributed by atoms with E-state index in [9.17, 15) is 10.2 Å². The van der Waals surface area contributed by atoms with Crippen molar-refractivity contribution < 1.29 is 10.2 Å². The minimum atomic E-state index is -0.953. The van der Waals surface area contributed by atoms with Crippen molar-refractivity contribution in [3.63, 3.8) is 0 Å². The van der Waals surface area contributed by atoms with Crippen LogP contribution in [0, 0.1) is 0 Å². The molecule has 1 aliphatic heterocycles. The fraction of sp³-hybridized carbons (Fsp3) is 0.727. The van der Waals surface area contributed by atoms with Crippen LogP contribution in [-0.2, 0) is 6.54 Å². The van der Waals surface area contributed by atoms with Crippen LogP contribution in [0.4, 0.5) is 0 Å². The molecule has 2 rings (SSSR count). The summed E-state index contributed by atoms with van der Waals surface area (Å²) in [5, 5.41) is 24.3.